The van der Waals surface area contributed by atoms with Crippen molar-refractivity contribution in [2.45, 2.75) is 30.8 Å². The number of allylic oxidation sites excluding steroid dienone is 1. The fourth-order valence-corrected chi connectivity index (χ4v) is 2.62. The van der Waals surface area contributed by atoms with E-state index in [1.165, 1.54) is 30.4 Å². The Kier molecular flexibility index (Phi) is 5.68. The molecule has 5 atom stereocenters. The molecule has 0 spiro atoms. The number of hydrogen-bond acceptors (Lipinski definition) is 7. The maximum atomic E-state index is 11.1. The third-order valence-electron chi connectivity index (χ3n) is 4.06. The molecule has 0 amide bonds. The zero-order valence-corrected chi connectivity index (χ0v) is 13.2. The van der Waals surface area contributed by atoms with Crippen molar-refractivity contribution in [2.75, 3.05) is 0 Å². The van der Waals surface area contributed by atoms with Gasteiger partial charge in [-0.25, -0.2) is 0 Å². The van der Waals surface area contributed by atoms with E-state index in [9.17, 15) is 30.3 Å². The maximum absolute atomic E-state index is 11.1. The molecular weight excluding hydrogens is 332 g/mol. The highest BCUT2D eigenvalue weighted by Gasteiger charge is 2.46. The van der Waals surface area contributed by atoms with Crippen LogP contribution in [-0.2, 0) is 9.53 Å². The van der Waals surface area contributed by atoms with Gasteiger partial charge in [0, 0.05) is 6.42 Å². The zero-order valence-electron chi connectivity index (χ0n) is 13.2. The molecule has 136 valence electrons. The number of hydrogen-bond donors (Lipinski definition) is 6. The number of ether oxygens (including phenoxy) is 1. The molecule has 2 rings (SSSR count). The third kappa shape index (κ3) is 4.30. The van der Waals surface area contributed by atoms with Crippen LogP contribution < -0.4 is 0 Å². The topological polar surface area (TPSA) is 148 Å². The fraction of sp³-hybridized carbons (Fsp3) is 0.353. The molecule has 1 saturated carbocycles. The van der Waals surface area contributed by atoms with Crippen molar-refractivity contribution in [3.8, 4) is 11.5 Å². The molecule has 0 aliphatic heterocycles. The summed E-state index contributed by atoms with van der Waals surface area (Å²) in [6.45, 7) is 3.63. The second kappa shape index (κ2) is 7.56. The second-order valence-electron chi connectivity index (χ2n) is 5.86. The van der Waals surface area contributed by atoms with Crippen LogP contribution in [0.15, 0.2) is 36.6 Å². The summed E-state index contributed by atoms with van der Waals surface area (Å²) in [5.74, 6) is -3.03. The zero-order chi connectivity index (χ0) is 18.7. The lowest BCUT2D eigenvalue weighted by Crippen LogP contribution is -2.56. The van der Waals surface area contributed by atoms with Gasteiger partial charge in [-0.3, -0.25) is 4.79 Å². The van der Waals surface area contributed by atoms with Crippen LogP contribution in [0.3, 0.4) is 0 Å². The van der Waals surface area contributed by atoms with Gasteiger partial charge >= 0.3 is 5.97 Å². The number of rotatable bonds is 5. The van der Waals surface area contributed by atoms with Crippen LogP contribution in [0.25, 0.3) is 6.08 Å². The van der Waals surface area contributed by atoms with Gasteiger partial charge in [0.1, 0.15) is 24.1 Å². The standard InChI is InChI=1S/C17H20O8/c1-8(2-3-9-4-5-11(18)12(19)6-9)25-13-7-10(17(23)24)14(20)16(22)15(13)21/h2-6,10,13-16,18-22H,1,7H2,(H,23,24)/b3-2+/t10-,13+,14+,15-,16+/m0/s1. The van der Waals surface area contributed by atoms with Crippen molar-refractivity contribution in [3.63, 3.8) is 0 Å². The predicted molar refractivity (Wildman–Crippen MR) is 86.6 cm³/mol. The van der Waals surface area contributed by atoms with Crippen LogP contribution in [0.2, 0.25) is 0 Å². The van der Waals surface area contributed by atoms with Crippen molar-refractivity contribution in [1.82, 2.24) is 0 Å². The summed E-state index contributed by atoms with van der Waals surface area (Å²) in [6, 6.07) is 4.16. The monoisotopic (exact) mass is 352 g/mol. The first-order valence-electron chi connectivity index (χ1n) is 7.53. The summed E-state index contributed by atoms with van der Waals surface area (Å²) in [7, 11) is 0. The molecule has 0 bridgehead atoms. The summed E-state index contributed by atoms with van der Waals surface area (Å²) < 4.78 is 5.40. The molecule has 0 heterocycles. The van der Waals surface area contributed by atoms with Gasteiger partial charge in [0.2, 0.25) is 0 Å². The molecule has 0 radical (unpaired) electrons. The quantitative estimate of drug-likeness (QED) is 0.250. The molecule has 1 fully saturated rings. The van der Waals surface area contributed by atoms with Crippen LogP contribution in [0.5, 0.6) is 11.5 Å². The Morgan fingerprint density at radius 2 is 1.80 bits per heavy atom. The van der Waals surface area contributed by atoms with Gasteiger partial charge in [0.15, 0.2) is 11.5 Å². The Hall–Kier alpha value is -2.55. The molecule has 25 heavy (non-hydrogen) atoms. The minimum absolute atomic E-state index is 0.0874. The highest BCUT2D eigenvalue weighted by molar-refractivity contribution is 5.71. The molecular formula is C17H20O8. The molecule has 1 aromatic carbocycles. The number of aliphatic carboxylic acids is 1. The smallest absolute Gasteiger partial charge is 0.309 e. The van der Waals surface area contributed by atoms with E-state index in [2.05, 4.69) is 6.58 Å². The first kappa shape index (κ1) is 18.8. The lowest BCUT2D eigenvalue weighted by molar-refractivity contribution is -0.180. The number of carboxylic acid groups (broad SMARTS) is 1. The largest absolute Gasteiger partial charge is 0.504 e. The van der Waals surface area contributed by atoms with Gasteiger partial charge in [0.25, 0.3) is 0 Å². The first-order valence-corrected chi connectivity index (χ1v) is 7.53. The Morgan fingerprint density at radius 3 is 2.40 bits per heavy atom. The average Bonchev–Trinajstić information content (AvgIpc) is 2.56. The lowest BCUT2D eigenvalue weighted by atomic mass is 9.81. The van der Waals surface area contributed by atoms with E-state index >= 15 is 0 Å². The van der Waals surface area contributed by atoms with Crippen LogP contribution in [0, 0.1) is 5.92 Å². The summed E-state index contributed by atoms with van der Waals surface area (Å²) in [4.78, 5) is 11.1. The highest BCUT2D eigenvalue weighted by Crippen LogP contribution is 2.30. The fourth-order valence-electron chi connectivity index (χ4n) is 2.62. The van der Waals surface area contributed by atoms with Gasteiger partial charge in [0.05, 0.1) is 12.0 Å². The number of phenolic OH excluding ortho intramolecular Hbond substituents is 2. The van der Waals surface area contributed by atoms with Gasteiger partial charge in [-0.05, 0) is 23.8 Å². The van der Waals surface area contributed by atoms with Gasteiger partial charge in [-0.2, -0.15) is 0 Å². The molecule has 1 aliphatic carbocycles. The highest BCUT2D eigenvalue weighted by atomic mass is 16.5. The number of aliphatic hydroxyl groups excluding tert-OH is 3. The van der Waals surface area contributed by atoms with E-state index in [4.69, 9.17) is 9.84 Å². The molecule has 1 aromatic rings. The molecule has 6 N–H and O–H groups in total. The number of phenols is 2. The predicted octanol–water partition coefficient (Wildman–Crippen LogP) is 0.197. The molecule has 8 heteroatoms. The van der Waals surface area contributed by atoms with Crippen molar-refractivity contribution < 1.29 is 40.2 Å². The molecule has 0 saturated heterocycles. The number of benzene rings is 1. The minimum Gasteiger partial charge on any atom is -0.504 e. The normalized spacial score (nSPS) is 29.5. The average molecular weight is 352 g/mol. The van der Waals surface area contributed by atoms with Crippen LogP contribution in [0.4, 0.5) is 0 Å². The van der Waals surface area contributed by atoms with E-state index in [1.54, 1.807) is 0 Å². The van der Waals surface area contributed by atoms with Crippen molar-refractivity contribution >= 4 is 12.0 Å². The van der Waals surface area contributed by atoms with Crippen LogP contribution >= 0.6 is 0 Å². The van der Waals surface area contributed by atoms with Crippen LogP contribution in [0.1, 0.15) is 12.0 Å². The Morgan fingerprint density at radius 1 is 1.12 bits per heavy atom. The van der Waals surface area contributed by atoms with Crippen LogP contribution in [-0.4, -0.2) is 61.0 Å². The maximum Gasteiger partial charge on any atom is 0.309 e. The van der Waals surface area contributed by atoms with E-state index in [1.807, 2.05) is 0 Å². The summed E-state index contributed by atoms with van der Waals surface area (Å²) in [6.07, 6.45) is -3.00. The van der Waals surface area contributed by atoms with E-state index in [0.29, 0.717) is 5.56 Å². The molecule has 0 unspecified atom stereocenters. The van der Waals surface area contributed by atoms with Crippen molar-refractivity contribution in [2.24, 2.45) is 5.92 Å². The summed E-state index contributed by atoms with van der Waals surface area (Å²) in [5, 5.41) is 57.2. The van der Waals surface area contributed by atoms with Gasteiger partial charge < -0.3 is 35.4 Å². The minimum atomic E-state index is -1.65. The number of aromatic hydroxyl groups is 2. The number of carbonyl (C=O) groups is 1. The number of carboxylic acids is 1. The molecule has 8 nitrogen and oxygen atoms in total. The van der Waals surface area contributed by atoms with Gasteiger partial charge in [-0.1, -0.05) is 18.7 Å². The Labute approximate surface area is 143 Å². The third-order valence-corrected chi connectivity index (χ3v) is 4.06. The Balaban J connectivity index is 2.04. The van der Waals surface area contributed by atoms with Crippen molar-refractivity contribution in [1.29, 1.82) is 0 Å². The number of aliphatic hydroxyl groups is 3. The van der Waals surface area contributed by atoms with E-state index < -0.39 is 36.3 Å². The second-order valence-corrected chi connectivity index (χ2v) is 5.86. The van der Waals surface area contributed by atoms with E-state index in [-0.39, 0.29) is 23.7 Å². The first-order chi connectivity index (χ1) is 11.7. The molecule has 0 aromatic heterocycles. The summed E-state index contributed by atoms with van der Waals surface area (Å²) in [5.41, 5.74) is 0.545. The van der Waals surface area contributed by atoms with Crippen molar-refractivity contribution in [3.05, 3.63) is 42.2 Å². The summed E-state index contributed by atoms with van der Waals surface area (Å²) >= 11 is 0. The SMILES string of the molecule is C=C(/C=C/c1ccc(O)c(O)c1)O[C@@H]1C[C@H](C(=O)O)[C@@H](O)[C@@H](O)[C@H]1O. The Bertz CT molecular complexity index is 683. The lowest BCUT2D eigenvalue weighted by Gasteiger charge is -2.38. The molecule has 1 aliphatic rings. The van der Waals surface area contributed by atoms with Gasteiger partial charge in [-0.15, -0.1) is 0 Å². The van der Waals surface area contributed by atoms with E-state index in [0.717, 1.165) is 0 Å².